The summed E-state index contributed by atoms with van der Waals surface area (Å²) in [5.74, 6) is 5.38. The monoisotopic (exact) mass is 475 g/mol. The summed E-state index contributed by atoms with van der Waals surface area (Å²) in [6, 6.07) is 37.6. The molecule has 0 radical (unpaired) electrons. The second kappa shape index (κ2) is 10.6. The summed E-state index contributed by atoms with van der Waals surface area (Å²) < 4.78 is 24.0. The maximum Gasteiger partial charge on any atom is 0.131 e. The number of anilines is 1. The van der Waals surface area contributed by atoms with E-state index in [9.17, 15) is 0 Å². The third kappa shape index (κ3) is 6.15. The van der Waals surface area contributed by atoms with Gasteiger partial charge in [-0.2, -0.15) is 0 Å². The predicted octanol–water partition coefficient (Wildman–Crippen LogP) is 8.75. The Morgan fingerprint density at radius 1 is 0.389 bits per heavy atom. The average Bonchev–Trinajstić information content (AvgIpc) is 2.85. The molecular weight excluding hydrogens is 450 g/mol. The van der Waals surface area contributed by atoms with Crippen LogP contribution < -0.4 is 24.7 Å². The van der Waals surface area contributed by atoms with Crippen LogP contribution in [0.15, 0.2) is 121 Å². The van der Waals surface area contributed by atoms with Gasteiger partial charge in [0.05, 0.1) is 0 Å². The standard InChI is InChI=1S/C31H25NO4/c1-22-7-2-9-24(17-22)33-26-11-4-13-28(19-26)35-30-15-6-16-31(21-30)36-29-14-5-12-27(20-29)34-25-10-3-8-23(32)18-25/h2-21H,32H2,1H3. The van der Waals surface area contributed by atoms with E-state index in [0.717, 1.165) is 11.3 Å². The summed E-state index contributed by atoms with van der Waals surface area (Å²) in [5, 5.41) is 0. The normalized spacial score (nSPS) is 10.5. The van der Waals surface area contributed by atoms with Crippen LogP contribution in [0.1, 0.15) is 5.56 Å². The number of hydrogen-bond acceptors (Lipinski definition) is 5. The molecule has 2 N–H and O–H groups in total. The molecular formula is C31H25NO4. The molecule has 0 aliphatic heterocycles. The highest BCUT2D eigenvalue weighted by atomic mass is 16.5. The number of ether oxygens (including phenoxy) is 4. The highest BCUT2D eigenvalue weighted by molar-refractivity contribution is 5.47. The molecule has 0 heterocycles. The molecule has 0 aromatic heterocycles. The number of rotatable bonds is 8. The first-order chi connectivity index (χ1) is 17.6. The van der Waals surface area contributed by atoms with Crippen molar-refractivity contribution in [1.82, 2.24) is 0 Å². The molecule has 0 aliphatic carbocycles. The number of nitrogen functional groups attached to an aromatic ring is 1. The lowest BCUT2D eigenvalue weighted by Crippen LogP contribution is -1.90. The summed E-state index contributed by atoms with van der Waals surface area (Å²) in [4.78, 5) is 0. The van der Waals surface area contributed by atoms with Crippen molar-refractivity contribution < 1.29 is 18.9 Å². The van der Waals surface area contributed by atoms with Gasteiger partial charge in [-0.15, -0.1) is 0 Å². The van der Waals surface area contributed by atoms with Crippen LogP contribution in [-0.2, 0) is 0 Å². The fraction of sp³-hybridized carbons (Fsp3) is 0.0323. The van der Waals surface area contributed by atoms with Gasteiger partial charge in [0.2, 0.25) is 0 Å². The third-order valence-electron chi connectivity index (χ3n) is 5.21. The molecule has 5 nitrogen and oxygen atoms in total. The van der Waals surface area contributed by atoms with Crippen LogP contribution in [0.5, 0.6) is 46.0 Å². The van der Waals surface area contributed by atoms with Gasteiger partial charge < -0.3 is 24.7 Å². The van der Waals surface area contributed by atoms with Gasteiger partial charge >= 0.3 is 0 Å². The quantitative estimate of drug-likeness (QED) is 0.227. The summed E-state index contributed by atoms with van der Waals surface area (Å²) in [7, 11) is 0. The topological polar surface area (TPSA) is 62.9 Å². The summed E-state index contributed by atoms with van der Waals surface area (Å²) in [5.41, 5.74) is 7.62. The number of nitrogens with two attached hydrogens (primary N) is 1. The van der Waals surface area contributed by atoms with Gasteiger partial charge in [-0.05, 0) is 73.2 Å². The van der Waals surface area contributed by atoms with Crippen molar-refractivity contribution in [3.05, 3.63) is 127 Å². The Morgan fingerprint density at radius 3 is 1.06 bits per heavy atom. The van der Waals surface area contributed by atoms with E-state index < -0.39 is 0 Å². The Balaban J connectivity index is 1.26. The van der Waals surface area contributed by atoms with Crippen LogP contribution in [0.4, 0.5) is 5.69 Å². The van der Waals surface area contributed by atoms with Crippen LogP contribution in [-0.4, -0.2) is 0 Å². The molecule has 0 unspecified atom stereocenters. The summed E-state index contributed by atoms with van der Waals surface area (Å²) in [6.07, 6.45) is 0. The first-order valence-electron chi connectivity index (χ1n) is 11.5. The minimum Gasteiger partial charge on any atom is -0.457 e. The molecule has 0 amide bonds. The molecule has 36 heavy (non-hydrogen) atoms. The Bertz CT molecular complexity index is 1370. The van der Waals surface area contributed by atoms with Crippen LogP contribution in [0.3, 0.4) is 0 Å². The van der Waals surface area contributed by atoms with E-state index in [1.165, 1.54) is 0 Å². The predicted molar refractivity (Wildman–Crippen MR) is 142 cm³/mol. The van der Waals surface area contributed by atoms with Crippen molar-refractivity contribution in [2.24, 2.45) is 0 Å². The summed E-state index contributed by atoms with van der Waals surface area (Å²) >= 11 is 0. The summed E-state index contributed by atoms with van der Waals surface area (Å²) in [6.45, 7) is 2.03. The second-order valence-electron chi connectivity index (χ2n) is 8.22. The lowest BCUT2D eigenvalue weighted by Gasteiger charge is -2.12. The zero-order valence-electron chi connectivity index (χ0n) is 19.8. The van der Waals surface area contributed by atoms with Gasteiger partial charge in [-0.1, -0.05) is 36.4 Å². The average molecular weight is 476 g/mol. The van der Waals surface area contributed by atoms with E-state index in [0.29, 0.717) is 45.9 Å². The maximum atomic E-state index is 6.08. The van der Waals surface area contributed by atoms with Crippen LogP contribution in [0, 0.1) is 6.92 Å². The van der Waals surface area contributed by atoms with E-state index in [1.54, 1.807) is 6.07 Å². The molecule has 5 aromatic carbocycles. The Labute approximate surface area is 210 Å². The van der Waals surface area contributed by atoms with Crippen molar-refractivity contribution in [1.29, 1.82) is 0 Å². The molecule has 0 atom stereocenters. The van der Waals surface area contributed by atoms with Gasteiger partial charge in [0.15, 0.2) is 0 Å². The largest absolute Gasteiger partial charge is 0.457 e. The maximum absolute atomic E-state index is 6.08. The van der Waals surface area contributed by atoms with Crippen molar-refractivity contribution in [3.63, 3.8) is 0 Å². The molecule has 5 rings (SSSR count). The van der Waals surface area contributed by atoms with E-state index in [4.69, 9.17) is 24.7 Å². The van der Waals surface area contributed by atoms with Crippen LogP contribution in [0.25, 0.3) is 0 Å². The molecule has 178 valence electrons. The molecule has 0 saturated carbocycles. The highest BCUT2D eigenvalue weighted by Crippen LogP contribution is 2.33. The van der Waals surface area contributed by atoms with E-state index in [1.807, 2.05) is 122 Å². The molecule has 5 heteroatoms. The van der Waals surface area contributed by atoms with Gasteiger partial charge in [-0.25, -0.2) is 0 Å². The van der Waals surface area contributed by atoms with E-state index >= 15 is 0 Å². The van der Waals surface area contributed by atoms with Crippen LogP contribution in [0.2, 0.25) is 0 Å². The van der Waals surface area contributed by atoms with Gasteiger partial charge in [0, 0.05) is 30.0 Å². The Kier molecular flexibility index (Phi) is 6.72. The van der Waals surface area contributed by atoms with E-state index in [2.05, 4.69) is 0 Å². The van der Waals surface area contributed by atoms with Crippen molar-refractivity contribution >= 4 is 5.69 Å². The van der Waals surface area contributed by atoms with Crippen molar-refractivity contribution in [2.45, 2.75) is 6.92 Å². The fourth-order valence-corrected chi connectivity index (χ4v) is 3.60. The number of benzene rings is 5. The molecule has 0 aliphatic rings. The van der Waals surface area contributed by atoms with Gasteiger partial charge in [0.1, 0.15) is 46.0 Å². The molecule has 5 aromatic rings. The van der Waals surface area contributed by atoms with Gasteiger partial charge in [0.25, 0.3) is 0 Å². The lowest BCUT2D eigenvalue weighted by molar-refractivity contribution is 0.447. The second-order valence-corrected chi connectivity index (χ2v) is 8.22. The molecule has 0 saturated heterocycles. The van der Waals surface area contributed by atoms with Crippen LogP contribution >= 0.6 is 0 Å². The van der Waals surface area contributed by atoms with Crippen molar-refractivity contribution in [3.8, 4) is 46.0 Å². The minimum atomic E-state index is 0.640. The molecule has 0 fully saturated rings. The van der Waals surface area contributed by atoms with Gasteiger partial charge in [-0.3, -0.25) is 0 Å². The van der Waals surface area contributed by atoms with E-state index in [-0.39, 0.29) is 0 Å². The number of hydrogen-bond donors (Lipinski definition) is 1. The first kappa shape index (κ1) is 22.9. The molecule has 0 bridgehead atoms. The highest BCUT2D eigenvalue weighted by Gasteiger charge is 2.06. The fourth-order valence-electron chi connectivity index (χ4n) is 3.60. The molecule has 0 spiro atoms. The minimum absolute atomic E-state index is 0.640. The third-order valence-corrected chi connectivity index (χ3v) is 5.21. The smallest absolute Gasteiger partial charge is 0.131 e. The zero-order chi connectivity index (χ0) is 24.7. The zero-order valence-corrected chi connectivity index (χ0v) is 19.8. The Hall–Kier alpha value is -4.90. The SMILES string of the molecule is Cc1cccc(Oc2cccc(Oc3cccc(Oc4cccc(Oc5cccc(N)c5)c4)c3)c2)c1. The van der Waals surface area contributed by atoms with Crippen molar-refractivity contribution in [2.75, 3.05) is 5.73 Å². The lowest BCUT2D eigenvalue weighted by atomic mass is 10.2. The number of aryl methyl sites for hydroxylation is 1. The first-order valence-corrected chi connectivity index (χ1v) is 11.5. The Morgan fingerprint density at radius 2 is 0.694 bits per heavy atom.